The Labute approximate surface area is 102 Å². The lowest BCUT2D eigenvalue weighted by Gasteiger charge is -2.18. The Bertz CT molecular complexity index is 180. The lowest BCUT2D eigenvalue weighted by molar-refractivity contribution is -0.119. The van der Waals surface area contributed by atoms with E-state index >= 15 is 0 Å². The van der Waals surface area contributed by atoms with Crippen molar-refractivity contribution < 1.29 is 4.79 Å². The summed E-state index contributed by atoms with van der Waals surface area (Å²) in [4.78, 5) is 11.6. The molecule has 0 aliphatic carbocycles. The fourth-order valence-electron chi connectivity index (χ4n) is 1.76. The molecule has 0 saturated heterocycles. The molecular formula is C15H30O. The van der Waals surface area contributed by atoms with Gasteiger partial charge in [0.05, 0.1) is 0 Å². The molecule has 0 aromatic rings. The summed E-state index contributed by atoms with van der Waals surface area (Å²) in [6.45, 7) is 13.4. The van der Waals surface area contributed by atoms with Crippen LogP contribution in [-0.2, 0) is 4.79 Å². The zero-order chi connectivity index (χ0) is 12.8. The second kappa shape index (κ2) is 6.42. The van der Waals surface area contributed by atoms with Crippen molar-refractivity contribution in [3.05, 3.63) is 0 Å². The van der Waals surface area contributed by atoms with Crippen molar-refractivity contribution >= 4 is 5.78 Å². The summed E-state index contributed by atoms with van der Waals surface area (Å²) >= 11 is 0. The van der Waals surface area contributed by atoms with Gasteiger partial charge in [0.1, 0.15) is 5.78 Å². The fraction of sp³-hybridized carbons (Fsp3) is 0.933. The van der Waals surface area contributed by atoms with Crippen LogP contribution in [0.2, 0.25) is 0 Å². The van der Waals surface area contributed by atoms with E-state index in [0.717, 1.165) is 38.5 Å². The molecule has 0 atom stereocenters. The summed E-state index contributed by atoms with van der Waals surface area (Å²) in [6, 6.07) is 0. The minimum absolute atomic E-state index is 0.367. The third-order valence-electron chi connectivity index (χ3n) is 2.76. The first-order valence-electron chi connectivity index (χ1n) is 6.62. The maximum Gasteiger partial charge on any atom is 0.132 e. The summed E-state index contributed by atoms with van der Waals surface area (Å²) in [5.74, 6) is 0.452. The van der Waals surface area contributed by atoms with Crippen molar-refractivity contribution in [3.8, 4) is 0 Å². The van der Waals surface area contributed by atoms with E-state index in [1.165, 1.54) is 0 Å². The predicted molar refractivity (Wildman–Crippen MR) is 71.6 cm³/mol. The molecule has 0 radical (unpaired) electrons. The van der Waals surface area contributed by atoms with E-state index in [1.807, 2.05) is 0 Å². The first-order chi connectivity index (χ1) is 7.10. The number of carbonyl (C=O) groups is 1. The van der Waals surface area contributed by atoms with Crippen LogP contribution in [0.15, 0.2) is 0 Å². The van der Waals surface area contributed by atoms with Gasteiger partial charge in [-0.25, -0.2) is 0 Å². The Hall–Kier alpha value is -0.330. The molecule has 0 unspecified atom stereocenters. The lowest BCUT2D eigenvalue weighted by Crippen LogP contribution is -2.08. The van der Waals surface area contributed by atoms with Crippen LogP contribution in [0, 0.1) is 10.8 Å². The van der Waals surface area contributed by atoms with Crippen LogP contribution < -0.4 is 0 Å². The fourth-order valence-corrected chi connectivity index (χ4v) is 1.76. The van der Waals surface area contributed by atoms with Gasteiger partial charge in [0.15, 0.2) is 0 Å². The molecule has 0 saturated carbocycles. The molecule has 0 aromatic carbocycles. The molecule has 16 heavy (non-hydrogen) atoms. The van der Waals surface area contributed by atoms with Crippen molar-refractivity contribution in [1.29, 1.82) is 0 Å². The molecule has 1 nitrogen and oxygen atoms in total. The molecule has 0 aliphatic heterocycles. The minimum atomic E-state index is 0.367. The Morgan fingerprint density at radius 1 is 0.750 bits per heavy atom. The zero-order valence-electron chi connectivity index (χ0n) is 12.2. The molecule has 0 bridgehead atoms. The van der Waals surface area contributed by atoms with Gasteiger partial charge in [-0.2, -0.15) is 0 Å². The third kappa shape index (κ3) is 11.7. The van der Waals surface area contributed by atoms with E-state index in [0.29, 0.717) is 16.6 Å². The van der Waals surface area contributed by atoms with E-state index in [1.54, 1.807) is 0 Å². The lowest BCUT2D eigenvalue weighted by atomic mass is 9.87. The molecule has 96 valence electrons. The van der Waals surface area contributed by atoms with Gasteiger partial charge in [0.2, 0.25) is 0 Å². The summed E-state index contributed by atoms with van der Waals surface area (Å²) in [6.07, 6.45) is 5.97. The van der Waals surface area contributed by atoms with E-state index in [4.69, 9.17) is 0 Å². The molecule has 0 amide bonds. The van der Waals surface area contributed by atoms with Crippen LogP contribution in [-0.4, -0.2) is 5.78 Å². The Morgan fingerprint density at radius 2 is 1.06 bits per heavy atom. The maximum absolute atomic E-state index is 11.6. The highest BCUT2D eigenvalue weighted by molar-refractivity contribution is 5.78. The number of Topliss-reactive ketones (excluding diaryl/α,β-unsaturated/α-hetero) is 1. The van der Waals surface area contributed by atoms with E-state index in [9.17, 15) is 4.79 Å². The van der Waals surface area contributed by atoms with E-state index < -0.39 is 0 Å². The highest BCUT2D eigenvalue weighted by atomic mass is 16.1. The average Bonchev–Trinajstić information content (AvgIpc) is 1.98. The highest BCUT2D eigenvalue weighted by Gasteiger charge is 2.13. The van der Waals surface area contributed by atoms with Crippen LogP contribution in [0.3, 0.4) is 0 Å². The maximum atomic E-state index is 11.6. The number of rotatable bonds is 6. The topological polar surface area (TPSA) is 17.1 Å². The average molecular weight is 226 g/mol. The molecule has 0 fully saturated rings. The standard InChI is InChI=1S/C15H30O/c1-14(2,3)11-7-9-13(16)10-8-12-15(4,5)6/h7-12H2,1-6H3. The molecule has 0 heterocycles. The Morgan fingerprint density at radius 3 is 1.31 bits per heavy atom. The van der Waals surface area contributed by atoms with Crippen molar-refractivity contribution in [2.24, 2.45) is 10.8 Å². The molecule has 0 aliphatic rings. The molecule has 0 spiro atoms. The second-order valence-corrected chi connectivity index (χ2v) is 7.37. The predicted octanol–water partition coefficient (Wildman–Crippen LogP) is 4.99. The first kappa shape index (κ1) is 15.7. The molecular weight excluding hydrogens is 196 g/mol. The smallest absolute Gasteiger partial charge is 0.132 e. The van der Waals surface area contributed by atoms with Crippen LogP contribution in [0.4, 0.5) is 0 Å². The number of ketones is 1. The highest BCUT2D eigenvalue weighted by Crippen LogP contribution is 2.23. The Kier molecular flexibility index (Phi) is 6.28. The molecule has 0 aromatic heterocycles. The summed E-state index contributed by atoms with van der Waals surface area (Å²) in [7, 11) is 0. The normalized spacial score (nSPS) is 12.9. The van der Waals surface area contributed by atoms with Crippen molar-refractivity contribution in [2.45, 2.75) is 80.1 Å². The SMILES string of the molecule is CC(C)(C)CCCC(=O)CCCC(C)(C)C. The van der Waals surface area contributed by atoms with Gasteiger partial charge in [-0.15, -0.1) is 0 Å². The first-order valence-corrected chi connectivity index (χ1v) is 6.62. The van der Waals surface area contributed by atoms with Crippen LogP contribution in [0.25, 0.3) is 0 Å². The number of hydrogen-bond acceptors (Lipinski definition) is 1. The van der Waals surface area contributed by atoms with Crippen LogP contribution in [0.5, 0.6) is 0 Å². The van der Waals surface area contributed by atoms with Gasteiger partial charge in [0, 0.05) is 12.8 Å². The third-order valence-corrected chi connectivity index (χ3v) is 2.76. The monoisotopic (exact) mass is 226 g/mol. The van der Waals surface area contributed by atoms with Gasteiger partial charge in [-0.1, -0.05) is 41.5 Å². The van der Waals surface area contributed by atoms with Crippen LogP contribution >= 0.6 is 0 Å². The number of carbonyl (C=O) groups excluding carboxylic acids is 1. The largest absolute Gasteiger partial charge is 0.300 e. The van der Waals surface area contributed by atoms with Crippen molar-refractivity contribution in [2.75, 3.05) is 0 Å². The molecule has 0 rings (SSSR count). The van der Waals surface area contributed by atoms with Gasteiger partial charge >= 0.3 is 0 Å². The summed E-state index contributed by atoms with van der Waals surface area (Å²) in [5.41, 5.74) is 0.734. The Balaban J connectivity index is 3.53. The van der Waals surface area contributed by atoms with Gasteiger partial charge in [-0.05, 0) is 36.5 Å². The van der Waals surface area contributed by atoms with Gasteiger partial charge in [0.25, 0.3) is 0 Å². The van der Waals surface area contributed by atoms with E-state index in [-0.39, 0.29) is 0 Å². The van der Waals surface area contributed by atoms with Gasteiger partial charge in [-0.3, -0.25) is 4.79 Å². The van der Waals surface area contributed by atoms with Crippen molar-refractivity contribution in [1.82, 2.24) is 0 Å². The zero-order valence-corrected chi connectivity index (χ0v) is 12.2. The second-order valence-electron chi connectivity index (χ2n) is 7.37. The van der Waals surface area contributed by atoms with Crippen molar-refractivity contribution in [3.63, 3.8) is 0 Å². The summed E-state index contributed by atoms with van der Waals surface area (Å²) in [5, 5.41) is 0. The number of hydrogen-bond donors (Lipinski definition) is 0. The summed E-state index contributed by atoms with van der Waals surface area (Å²) < 4.78 is 0. The van der Waals surface area contributed by atoms with Gasteiger partial charge < -0.3 is 0 Å². The molecule has 0 N–H and O–H groups in total. The van der Waals surface area contributed by atoms with Crippen LogP contribution in [0.1, 0.15) is 80.1 Å². The molecule has 1 heteroatoms. The quantitative estimate of drug-likeness (QED) is 0.623. The minimum Gasteiger partial charge on any atom is -0.300 e. The van der Waals surface area contributed by atoms with E-state index in [2.05, 4.69) is 41.5 Å².